The van der Waals surface area contributed by atoms with Gasteiger partial charge in [0.25, 0.3) is 0 Å². The number of unbranched alkanes of at least 4 members (excludes halogenated alkanes) is 1. The molecule has 2 N–H and O–H groups in total. The van der Waals surface area contributed by atoms with Crippen LogP contribution in [0.4, 0.5) is 9.59 Å². The van der Waals surface area contributed by atoms with Crippen molar-refractivity contribution in [3.05, 3.63) is 0 Å². The van der Waals surface area contributed by atoms with Crippen LogP contribution in [0.25, 0.3) is 0 Å². The van der Waals surface area contributed by atoms with Gasteiger partial charge in [0, 0.05) is 13.1 Å². The first kappa shape index (κ1) is 27.7. The van der Waals surface area contributed by atoms with Crippen LogP contribution in [0.2, 0.25) is 18.1 Å². The van der Waals surface area contributed by atoms with E-state index in [-0.39, 0.29) is 17.7 Å². The van der Waals surface area contributed by atoms with Gasteiger partial charge in [-0.05, 0) is 51.7 Å². The van der Waals surface area contributed by atoms with Gasteiger partial charge in [0.2, 0.25) is 0 Å². The Balaban J connectivity index is 2.85. The zero-order chi connectivity index (χ0) is 24.0. The Morgan fingerprint density at radius 1 is 1.19 bits per heavy atom. The van der Waals surface area contributed by atoms with Gasteiger partial charge in [0.05, 0.1) is 24.9 Å². The summed E-state index contributed by atoms with van der Waals surface area (Å²) in [6.45, 7) is 19.0. The minimum atomic E-state index is -2.05. The smallest absolute Gasteiger partial charge is 0.410 e. The quantitative estimate of drug-likeness (QED) is 0.415. The number of likely N-dealkylation sites (tertiary alicyclic amines) is 1. The average Bonchev–Trinajstić information content (AvgIpc) is 3.01. The van der Waals surface area contributed by atoms with Gasteiger partial charge >= 0.3 is 12.2 Å². The van der Waals surface area contributed by atoms with Crippen LogP contribution in [0.3, 0.4) is 0 Å². The Bertz CT molecular complexity index is 600. The van der Waals surface area contributed by atoms with Crippen molar-refractivity contribution in [1.82, 2.24) is 10.2 Å². The minimum absolute atomic E-state index is 0.0122. The summed E-state index contributed by atoms with van der Waals surface area (Å²) in [5.41, 5.74) is -0.647. The fourth-order valence-corrected chi connectivity index (χ4v) is 4.44. The molecule has 0 aliphatic carbocycles. The molecule has 1 aliphatic rings. The van der Waals surface area contributed by atoms with Crippen molar-refractivity contribution in [2.75, 3.05) is 19.7 Å². The van der Waals surface area contributed by atoms with E-state index in [9.17, 15) is 14.7 Å². The van der Waals surface area contributed by atoms with Crippen LogP contribution in [0.5, 0.6) is 0 Å². The van der Waals surface area contributed by atoms with Crippen LogP contribution in [0, 0.1) is 0 Å². The van der Waals surface area contributed by atoms with Crippen molar-refractivity contribution >= 4 is 20.5 Å². The topological polar surface area (TPSA) is 97.3 Å². The van der Waals surface area contributed by atoms with Crippen LogP contribution in [-0.4, -0.2) is 74.1 Å². The number of alkyl carbamates (subject to hydrolysis) is 1. The molecule has 8 nitrogen and oxygen atoms in total. The second-order valence-corrected chi connectivity index (χ2v) is 15.6. The molecule has 2 amide bonds. The number of nitrogens with one attached hydrogen (secondary N) is 1. The lowest BCUT2D eigenvalue weighted by Crippen LogP contribution is -2.49. The summed E-state index contributed by atoms with van der Waals surface area (Å²) < 4.78 is 17.1. The van der Waals surface area contributed by atoms with Gasteiger partial charge < -0.3 is 24.3 Å². The van der Waals surface area contributed by atoms with Crippen molar-refractivity contribution in [3.8, 4) is 0 Å². The lowest BCUT2D eigenvalue weighted by Gasteiger charge is -2.38. The predicted molar refractivity (Wildman–Crippen MR) is 124 cm³/mol. The lowest BCUT2D eigenvalue weighted by molar-refractivity contribution is 0.00504. The van der Waals surface area contributed by atoms with Gasteiger partial charge in [-0.25, -0.2) is 9.59 Å². The predicted octanol–water partition coefficient (Wildman–Crippen LogP) is 4.27. The highest BCUT2D eigenvalue weighted by atomic mass is 28.4. The van der Waals surface area contributed by atoms with Gasteiger partial charge in [-0.15, -0.1) is 0 Å². The first-order chi connectivity index (χ1) is 14.1. The molecule has 0 bridgehead atoms. The van der Waals surface area contributed by atoms with E-state index in [1.807, 2.05) is 27.7 Å². The standard InChI is InChI=1S/C22H44N2O6Si/c1-10-11-12-28-19(26)23-14-18(25)17-13-16(30-31(8,9)22(5,6)7)15-24(17)20(27)29-21(2,3)4/h16-18,25H,10-15H2,1-9H3,(H,23,26)/t16-,17+,18?/m1/s1. The summed E-state index contributed by atoms with van der Waals surface area (Å²) in [6.07, 6.45) is 0.00528. The van der Waals surface area contributed by atoms with Gasteiger partial charge in [0.15, 0.2) is 8.32 Å². The summed E-state index contributed by atoms with van der Waals surface area (Å²) >= 11 is 0. The Kier molecular flexibility index (Phi) is 9.84. The van der Waals surface area contributed by atoms with Crippen LogP contribution >= 0.6 is 0 Å². The maximum Gasteiger partial charge on any atom is 0.410 e. The molecule has 0 aromatic rings. The van der Waals surface area contributed by atoms with Crippen molar-refractivity contribution < 1.29 is 28.6 Å². The summed E-state index contributed by atoms with van der Waals surface area (Å²) in [6, 6.07) is -0.513. The van der Waals surface area contributed by atoms with Gasteiger partial charge in [-0.2, -0.15) is 0 Å². The number of ether oxygens (including phenoxy) is 2. The fraction of sp³-hybridized carbons (Fsp3) is 0.909. The van der Waals surface area contributed by atoms with Crippen molar-refractivity contribution in [2.45, 2.75) is 110 Å². The van der Waals surface area contributed by atoms with Gasteiger partial charge in [-0.3, -0.25) is 4.90 Å². The molecule has 9 heteroatoms. The molecule has 1 unspecified atom stereocenters. The van der Waals surface area contributed by atoms with E-state index < -0.39 is 38.3 Å². The molecule has 1 saturated heterocycles. The Hall–Kier alpha value is -1.32. The number of hydrogen-bond acceptors (Lipinski definition) is 6. The number of carbonyl (C=O) groups is 2. The molecule has 0 aromatic heterocycles. The van der Waals surface area contributed by atoms with Crippen LogP contribution in [0.1, 0.15) is 67.7 Å². The molecular formula is C22H44N2O6Si. The third kappa shape index (κ3) is 8.98. The van der Waals surface area contributed by atoms with Crippen LogP contribution in [0.15, 0.2) is 0 Å². The maximum absolute atomic E-state index is 12.8. The molecule has 0 spiro atoms. The first-order valence-corrected chi connectivity index (χ1v) is 14.2. The van der Waals surface area contributed by atoms with E-state index in [0.29, 0.717) is 19.6 Å². The molecule has 1 rings (SSSR count). The van der Waals surface area contributed by atoms with Gasteiger partial charge in [-0.1, -0.05) is 34.1 Å². The van der Waals surface area contributed by atoms with Crippen LogP contribution < -0.4 is 5.32 Å². The molecule has 1 fully saturated rings. The normalized spacial score (nSPS) is 21.0. The fourth-order valence-electron chi connectivity index (χ4n) is 3.08. The zero-order valence-electron chi connectivity index (χ0n) is 20.9. The summed E-state index contributed by atoms with van der Waals surface area (Å²) in [7, 11) is -2.05. The number of aliphatic hydroxyl groups is 1. The first-order valence-electron chi connectivity index (χ1n) is 11.3. The highest BCUT2D eigenvalue weighted by Crippen LogP contribution is 2.39. The van der Waals surface area contributed by atoms with Crippen molar-refractivity contribution in [1.29, 1.82) is 0 Å². The summed E-state index contributed by atoms with van der Waals surface area (Å²) in [4.78, 5) is 26.2. The molecule has 0 radical (unpaired) electrons. The monoisotopic (exact) mass is 460 g/mol. The molecule has 3 atom stereocenters. The number of aliphatic hydroxyl groups excluding tert-OH is 1. The van der Waals surface area contributed by atoms with E-state index in [4.69, 9.17) is 13.9 Å². The van der Waals surface area contributed by atoms with Gasteiger partial charge in [0.1, 0.15) is 5.60 Å². The highest BCUT2D eigenvalue weighted by molar-refractivity contribution is 6.74. The number of rotatable bonds is 8. The van der Waals surface area contributed by atoms with E-state index in [2.05, 4.69) is 39.2 Å². The second-order valence-electron chi connectivity index (χ2n) is 10.9. The average molecular weight is 461 g/mol. The van der Waals surface area contributed by atoms with Crippen LogP contribution in [-0.2, 0) is 13.9 Å². The molecule has 182 valence electrons. The Morgan fingerprint density at radius 2 is 1.81 bits per heavy atom. The number of amides is 2. The molecule has 0 saturated carbocycles. The maximum atomic E-state index is 12.8. The second kappa shape index (κ2) is 11.0. The molecule has 31 heavy (non-hydrogen) atoms. The Morgan fingerprint density at radius 3 is 2.32 bits per heavy atom. The number of carbonyl (C=O) groups excluding carboxylic acids is 2. The molecule has 1 heterocycles. The largest absolute Gasteiger partial charge is 0.450 e. The summed E-state index contributed by atoms with van der Waals surface area (Å²) in [5.74, 6) is 0. The van der Waals surface area contributed by atoms with Crippen molar-refractivity contribution in [3.63, 3.8) is 0 Å². The number of hydrogen-bond donors (Lipinski definition) is 2. The molecular weight excluding hydrogens is 416 g/mol. The molecule has 0 aromatic carbocycles. The third-order valence-corrected chi connectivity index (χ3v) is 10.4. The van der Waals surface area contributed by atoms with Crippen molar-refractivity contribution in [2.24, 2.45) is 0 Å². The van der Waals surface area contributed by atoms with E-state index in [0.717, 1.165) is 12.8 Å². The SMILES string of the molecule is CCCCOC(=O)NCC(O)[C@@H]1C[C@@H](O[Si](C)(C)C(C)(C)C)CN1C(=O)OC(C)(C)C. The summed E-state index contributed by atoms with van der Waals surface area (Å²) in [5, 5.41) is 13.4. The van der Waals surface area contributed by atoms with E-state index >= 15 is 0 Å². The molecule has 1 aliphatic heterocycles. The van der Waals surface area contributed by atoms with E-state index in [1.54, 1.807) is 0 Å². The zero-order valence-corrected chi connectivity index (χ0v) is 21.9. The van der Waals surface area contributed by atoms with E-state index in [1.165, 1.54) is 4.90 Å². The Labute approximate surface area is 189 Å². The third-order valence-electron chi connectivity index (χ3n) is 5.83. The number of nitrogens with zero attached hydrogens (tertiary/aromatic N) is 1. The minimum Gasteiger partial charge on any atom is -0.450 e. The lowest BCUT2D eigenvalue weighted by atomic mass is 10.1. The highest BCUT2D eigenvalue weighted by Gasteiger charge is 2.46.